The summed E-state index contributed by atoms with van der Waals surface area (Å²) in [5.74, 6) is 0.272. The van der Waals surface area contributed by atoms with Gasteiger partial charge in [-0.25, -0.2) is 4.79 Å². The fraction of sp³-hybridized carbons (Fsp3) is 0.263. The number of ether oxygens (including phenoxy) is 1. The minimum absolute atomic E-state index is 0.0321. The van der Waals surface area contributed by atoms with Crippen LogP contribution in [0.2, 0.25) is 0 Å². The summed E-state index contributed by atoms with van der Waals surface area (Å²) in [6.45, 7) is -0.331. The van der Waals surface area contributed by atoms with Crippen LogP contribution in [0.1, 0.15) is 12.6 Å². The zero-order valence-electron chi connectivity index (χ0n) is 14.6. The summed E-state index contributed by atoms with van der Waals surface area (Å²) in [6, 6.07) is 11.0. The van der Waals surface area contributed by atoms with Crippen LogP contribution in [0.4, 0.5) is 11.5 Å². The third-order valence-corrected chi connectivity index (χ3v) is 5.30. The summed E-state index contributed by atoms with van der Waals surface area (Å²) in [6.07, 6.45) is -0.618. The second-order valence-corrected chi connectivity index (χ2v) is 7.44. The molecule has 1 aliphatic heterocycles. The maximum atomic E-state index is 12.5. The molecule has 0 radical (unpaired) electrons. The third kappa shape index (κ3) is 3.49. The van der Waals surface area contributed by atoms with Crippen molar-refractivity contribution in [1.29, 1.82) is 0 Å². The van der Waals surface area contributed by atoms with Crippen molar-refractivity contribution in [2.75, 3.05) is 11.9 Å². The highest BCUT2D eigenvalue weighted by Crippen LogP contribution is 2.34. The number of nitrogens with zero attached hydrogens (tertiary/aromatic N) is 2. The number of halogens is 1. The molecule has 0 bridgehead atoms. The van der Waals surface area contributed by atoms with Gasteiger partial charge in [-0.2, -0.15) is 4.98 Å². The molecule has 1 aromatic heterocycles. The first-order chi connectivity index (χ1) is 13.5. The molecule has 1 aliphatic rings. The van der Waals surface area contributed by atoms with Gasteiger partial charge in [-0.1, -0.05) is 24.3 Å². The lowest BCUT2D eigenvalue weighted by atomic mass is 10.1. The Kier molecular flexibility index (Phi) is 5.07. The highest BCUT2D eigenvalue weighted by atomic mass is 79.9. The molecule has 0 spiro atoms. The van der Waals surface area contributed by atoms with Gasteiger partial charge in [-0.05, 0) is 38.8 Å². The summed E-state index contributed by atoms with van der Waals surface area (Å²) in [5.41, 5.74) is -0.168. The number of aliphatic hydroxyl groups is 2. The molecule has 3 aromatic rings. The Morgan fingerprint density at radius 3 is 2.68 bits per heavy atom. The highest BCUT2D eigenvalue weighted by Gasteiger charge is 2.35. The lowest BCUT2D eigenvalue weighted by molar-refractivity contribution is -0.0459. The van der Waals surface area contributed by atoms with Crippen LogP contribution in [-0.4, -0.2) is 43.7 Å². The molecule has 8 nitrogen and oxygen atoms in total. The number of fused-ring (bicyclic) bond motifs is 1. The molecule has 4 rings (SSSR count). The van der Waals surface area contributed by atoms with Crippen LogP contribution in [0.25, 0.3) is 10.8 Å². The fourth-order valence-electron chi connectivity index (χ4n) is 3.25. The van der Waals surface area contributed by atoms with Crippen molar-refractivity contribution in [3.05, 3.63) is 57.6 Å². The number of aliphatic hydroxyl groups excluding tert-OH is 2. The largest absolute Gasteiger partial charge is 0.506 e. The van der Waals surface area contributed by atoms with Crippen LogP contribution in [-0.2, 0) is 4.74 Å². The number of phenols is 1. The van der Waals surface area contributed by atoms with Crippen molar-refractivity contribution in [1.82, 2.24) is 9.55 Å². The van der Waals surface area contributed by atoms with Crippen LogP contribution >= 0.6 is 15.9 Å². The number of anilines is 2. The van der Waals surface area contributed by atoms with Crippen molar-refractivity contribution < 1.29 is 20.1 Å². The van der Waals surface area contributed by atoms with Crippen molar-refractivity contribution in [2.24, 2.45) is 0 Å². The average molecular weight is 448 g/mol. The van der Waals surface area contributed by atoms with Gasteiger partial charge in [0.2, 0.25) is 0 Å². The normalized spacial score (nSPS) is 21.9. The number of aromatic nitrogens is 2. The molecule has 4 N–H and O–H groups in total. The molecule has 3 unspecified atom stereocenters. The zero-order chi connectivity index (χ0) is 19.8. The zero-order valence-corrected chi connectivity index (χ0v) is 16.2. The van der Waals surface area contributed by atoms with Crippen LogP contribution in [0.3, 0.4) is 0 Å². The Balaban J connectivity index is 1.64. The minimum atomic E-state index is -0.854. The van der Waals surface area contributed by atoms with Gasteiger partial charge in [0.25, 0.3) is 0 Å². The molecule has 3 atom stereocenters. The van der Waals surface area contributed by atoms with Gasteiger partial charge >= 0.3 is 5.69 Å². The van der Waals surface area contributed by atoms with Crippen LogP contribution in [0, 0.1) is 0 Å². The van der Waals surface area contributed by atoms with E-state index in [1.165, 1.54) is 10.8 Å². The molecule has 1 saturated heterocycles. The second kappa shape index (κ2) is 7.51. The molecule has 9 heteroatoms. The molecule has 0 amide bonds. The quantitative estimate of drug-likeness (QED) is 0.453. The second-order valence-electron chi connectivity index (χ2n) is 6.58. The number of aromatic hydroxyl groups is 1. The molecule has 28 heavy (non-hydrogen) atoms. The van der Waals surface area contributed by atoms with Crippen LogP contribution in [0.15, 0.2) is 51.9 Å². The predicted molar refractivity (Wildman–Crippen MR) is 107 cm³/mol. The molecular weight excluding hydrogens is 430 g/mol. The molecule has 0 saturated carbocycles. The van der Waals surface area contributed by atoms with Gasteiger partial charge in [0.15, 0.2) is 5.82 Å². The number of phenolic OH excluding ortho intramolecular Hbond substituents is 1. The van der Waals surface area contributed by atoms with E-state index in [9.17, 15) is 20.1 Å². The van der Waals surface area contributed by atoms with E-state index in [4.69, 9.17) is 4.74 Å². The van der Waals surface area contributed by atoms with E-state index < -0.39 is 24.1 Å². The number of hydrogen-bond donors (Lipinski definition) is 4. The predicted octanol–water partition coefficient (Wildman–Crippen LogP) is 2.25. The minimum Gasteiger partial charge on any atom is -0.506 e. The maximum absolute atomic E-state index is 12.5. The Morgan fingerprint density at radius 1 is 1.29 bits per heavy atom. The molecule has 1 fully saturated rings. The fourth-order valence-corrected chi connectivity index (χ4v) is 3.65. The van der Waals surface area contributed by atoms with E-state index in [2.05, 4.69) is 26.2 Å². The van der Waals surface area contributed by atoms with Crippen molar-refractivity contribution in [3.8, 4) is 5.75 Å². The first-order valence-electron chi connectivity index (χ1n) is 8.68. The summed E-state index contributed by atoms with van der Waals surface area (Å²) in [7, 11) is 0. The molecular formula is C19H18BrN3O5. The lowest BCUT2D eigenvalue weighted by Gasteiger charge is -2.16. The van der Waals surface area contributed by atoms with E-state index in [1.54, 1.807) is 12.1 Å². The SMILES string of the molecule is O=c1nc(Nc2cc3ccccc3cc2O)c(Br)cn1C1CC(O)C(CO)O1. The molecule has 146 valence electrons. The smallest absolute Gasteiger partial charge is 0.351 e. The van der Waals surface area contributed by atoms with Crippen LogP contribution < -0.4 is 11.0 Å². The van der Waals surface area contributed by atoms with Crippen molar-refractivity contribution >= 4 is 38.2 Å². The molecule has 2 aromatic carbocycles. The van der Waals surface area contributed by atoms with Gasteiger partial charge in [0.1, 0.15) is 18.1 Å². The Labute approximate surface area is 168 Å². The summed E-state index contributed by atoms with van der Waals surface area (Å²) in [5, 5.41) is 34.1. The first kappa shape index (κ1) is 18.9. The number of hydrogen-bond acceptors (Lipinski definition) is 7. The van der Waals surface area contributed by atoms with Gasteiger partial charge < -0.3 is 25.4 Å². The van der Waals surface area contributed by atoms with E-state index in [1.807, 2.05) is 24.3 Å². The Morgan fingerprint density at radius 2 is 2.00 bits per heavy atom. The van der Waals surface area contributed by atoms with E-state index in [-0.39, 0.29) is 24.6 Å². The van der Waals surface area contributed by atoms with Gasteiger partial charge in [-0.3, -0.25) is 4.57 Å². The van der Waals surface area contributed by atoms with Crippen molar-refractivity contribution in [3.63, 3.8) is 0 Å². The summed E-state index contributed by atoms with van der Waals surface area (Å²) >= 11 is 3.37. The van der Waals surface area contributed by atoms with E-state index in [0.29, 0.717) is 10.2 Å². The topological polar surface area (TPSA) is 117 Å². The molecule has 2 heterocycles. The average Bonchev–Trinajstić information content (AvgIpc) is 3.05. The van der Waals surface area contributed by atoms with Crippen LogP contribution in [0.5, 0.6) is 5.75 Å². The monoisotopic (exact) mass is 447 g/mol. The van der Waals surface area contributed by atoms with Gasteiger partial charge in [0, 0.05) is 12.6 Å². The number of rotatable bonds is 4. The Hall–Kier alpha value is -2.46. The Bertz CT molecular complexity index is 1090. The van der Waals surface area contributed by atoms with Crippen molar-refractivity contribution in [2.45, 2.75) is 24.9 Å². The summed E-state index contributed by atoms with van der Waals surface area (Å²) < 4.78 is 7.25. The number of benzene rings is 2. The van der Waals surface area contributed by atoms with E-state index in [0.717, 1.165) is 10.8 Å². The highest BCUT2D eigenvalue weighted by molar-refractivity contribution is 9.10. The third-order valence-electron chi connectivity index (χ3n) is 4.72. The molecule has 0 aliphatic carbocycles. The number of nitrogens with one attached hydrogen (secondary N) is 1. The van der Waals surface area contributed by atoms with E-state index >= 15 is 0 Å². The maximum Gasteiger partial charge on any atom is 0.351 e. The van der Waals surface area contributed by atoms with Gasteiger partial charge in [0.05, 0.1) is 22.9 Å². The first-order valence-corrected chi connectivity index (χ1v) is 9.47. The summed E-state index contributed by atoms with van der Waals surface area (Å²) in [4.78, 5) is 16.5. The lowest BCUT2D eigenvalue weighted by Crippen LogP contribution is -2.28. The van der Waals surface area contributed by atoms with Gasteiger partial charge in [-0.15, -0.1) is 0 Å². The standard InChI is InChI=1S/C19H18BrN3O5/c20-12-8-23(17-7-15(26)16(9-24)28-17)19(27)22-18(12)21-13-5-10-3-1-2-4-11(10)6-14(13)25/h1-6,8,15-17,24-26H,7,9H2,(H,21,22,27).